The highest BCUT2D eigenvalue weighted by molar-refractivity contribution is 6.12. The van der Waals surface area contributed by atoms with E-state index in [0.717, 1.165) is 11.9 Å². The fourth-order valence-corrected chi connectivity index (χ4v) is 4.40. The van der Waals surface area contributed by atoms with Gasteiger partial charge in [-0.05, 0) is 47.1 Å². The summed E-state index contributed by atoms with van der Waals surface area (Å²) >= 11 is 0. The van der Waals surface area contributed by atoms with Crippen LogP contribution in [0.2, 0.25) is 0 Å². The third-order valence-corrected chi connectivity index (χ3v) is 6.72. The number of hydrogen-bond donors (Lipinski definition) is 3. The molecule has 0 aliphatic rings. The van der Waals surface area contributed by atoms with Gasteiger partial charge >= 0.3 is 24.2 Å². The maximum absolute atomic E-state index is 13.7. The van der Waals surface area contributed by atoms with E-state index < -0.39 is 47.3 Å². The van der Waals surface area contributed by atoms with Crippen LogP contribution < -0.4 is 20.9 Å². The van der Waals surface area contributed by atoms with Gasteiger partial charge in [-0.2, -0.15) is 4.90 Å². The average Bonchev–Trinajstić information content (AvgIpc) is 3.48. The number of ether oxygens (including phenoxy) is 4. The van der Waals surface area contributed by atoms with Crippen molar-refractivity contribution in [3.63, 3.8) is 0 Å². The molecule has 5 amide bonds. The smallest absolute Gasteiger partial charge is 0.425 e. The number of aromatic nitrogens is 4. The molecular formula is C34H47N9O10. The number of esters is 1. The zero-order valence-corrected chi connectivity index (χ0v) is 31.0. The molecule has 0 fully saturated rings. The normalized spacial score (nSPS) is 11.3. The SMILES string of the molecule is COC(=O)CNCCNC(=O)CN(CCNC(=O)OCc1ccccc1)C(=O)Cn1cnc2c(N(C(=O)OC(C)(C)C)C(=O)OC(C)(C)C)ncnc21. The van der Waals surface area contributed by atoms with Crippen LogP contribution >= 0.6 is 0 Å². The Morgan fingerprint density at radius 2 is 1.49 bits per heavy atom. The van der Waals surface area contributed by atoms with E-state index >= 15 is 0 Å². The Hall–Kier alpha value is -5.85. The topological polar surface area (TPSA) is 226 Å². The van der Waals surface area contributed by atoms with E-state index in [1.54, 1.807) is 53.7 Å². The number of fused-ring (bicyclic) bond motifs is 1. The summed E-state index contributed by atoms with van der Waals surface area (Å²) in [6, 6.07) is 9.07. The zero-order chi connectivity index (χ0) is 39.2. The third-order valence-electron chi connectivity index (χ3n) is 6.72. The van der Waals surface area contributed by atoms with E-state index in [1.807, 2.05) is 18.2 Å². The van der Waals surface area contributed by atoms with E-state index in [9.17, 15) is 28.8 Å². The van der Waals surface area contributed by atoms with Gasteiger partial charge in [0.1, 0.15) is 30.7 Å². The van der Waals surface area contributed by atoms with Gasteiger partial charge in [-0.3, -0.25) is 14.4 Å². The van der Waals surface area contributed by atoms with Crippen LogP contribution in [0.1, 0.15) is 47.1 Å². The predicted octanol–water partition coefficient (Wildman–Crippen LogP) is 2.14. The Balaban J connectivity index is 1.79. The molecule has 3 rings (SSSR count). The Morgan fingerprint density at radius 3 is 2.11 bits per heavy atom. The molecule has 19 heteroatoms. The first kappa shape index (κ1) is 41.6. The van der Waals surface area contributed by atoms with Crippen LogP contribution in [0.15, 0.2) is 43.0 Å². The second-order valence-corrected chi connectivity index (χ2v) is 13.4. The number of rotatable bonds is 15. The van der Waals surface area contributed by atoms with Crippen molar-refractivity contribution >= 4 is 53.0 Å². The number of nitrogens with zero attached hydrogens (tertiary/aromatic N) is 6. The molecule has 0 aliphatic heterocycles. The molecule has 0 spiro atoms. The number of carbonyl (C=O) groups is 6. The van der Waals surface area contributed by atoms with Gasteiger partial charge in [0, 0.05) is 26.2 Å². The lowest BCUT2D eigenvalue weighted by molar-refractivity contribution is -0.139. The number of alkyl carbamates (subject to hydrolysis) is 1. The second-order valence-electron chi connectivity index (χ2n) is 13.4. The van der Waals surface area contributed by atoms with Gasteiger partial charge in [0.15, 0.2) is 17.0 Å². The molecule has 0 bridgehead atoms. The number of anilines is 1. The fourth-order valence-electron chi connectivity index (χ4n) is 4.40. The number of carbonyl (C=O) groups excluding carboxylic acids is 6. The summed E-state index contributed by atoms with van der Waals surface area (Å²) in [4.78, 5) is 91.2. The molecule has 2 aromatic heterocycles. The van der Waals surface area contributed by atoms with Gasteiger partial charge in [0.2, 0.25) is 11.8 Å². The molecule has 0 atom stereocenters. The number of hydrogen-bond acceptors (Lipinski definition) is 14. The van der Waals surface area contributed by atoms with Gasteiger partial charge in [-0.25, -0.2) is 29.3 Å². The molecule has 3 N–H and O–H groups in total. The van der Waals surface area contributed by atoms with Crippen LogP contribution in [0, 0.1) is 0 Å². The number of methoxy groups -OCH3 is 1. The number of nitrogens with one attached hydrogen (secondary N) is 3. The Bertz CT molecular complexity index is 1710. The predicted molar refractivity (Wildman–Crippen MR) is 189 cm³/mol. The molecule has 19 nitrogen and oxygen atoms in total. The molecular weight excluding hydrogens is 694 g/mol. The van der Waals surface area contributed by atoms with E-state index in [1.165, 1.54) is 22.9 Å². The van der Waals surface area contributed by atoms with Crippen molar-refractivity contribution in [2.45, 2.75) is 65.9 Å². The molecule has 0 aliphatic carbocycles. The first-order valence-corrected chi connectivity index (χ1v) is 16.7. The number of benzene rings is 1. The fraction of sp³-hybridized carbons (Fsp3) is 0.500. The van der Waals surface area contributed by atoms with Crippen molar-refractivity contribution < 1.29 is 47.7 Å². The van der Waals surface area contributed by atoms with Crippen molar-refractivity contribution in [3.8, 4) is 0 Å². The van der Waals surface area contributed by atoms with Gasteiger partial charge in [0.05, 0.1) is 26.5 Å². The average molecular weight is 742 g/mol. The monoisotopic (exact) mass is 741 g/mol. The van der Waals surface area contributed by atoms with Crippen molar-refractivity contribution in [2.24, 2.45) is 0 Å². The van der Waals surface area contributed by atoms with Crippen molar-refractivity contribution in [1.82, 2.24) is 40.4 Å². The lowest BCUT2D eigenvalue weighted by Gasteiger charge is -2.28. The Morgan fingerprint density at radius 1 is 0.830 bits per heavy atom. The standard InChI is InChI=1S/C34H47N9O10/c1-33(2,3)52-31(48)43(32(49)53-34(4,5)6)29-27-28(38-21-39-29)42(22-40-27)19-25(45)41(18-24(44)36-14-13-35-17-26(46)50-7)16-15-37-30(47)51-20-23-11-9-8-10-12-23/h8-12,21-22,35H,13-20H2,1-7H3,(H,36,44)(H,37,47). The summed E-state index contributed by atoms with van der Waals surface area (Å²) < 4.78 is 22.1. The highest BCUT2D eigenvalue weighted by Crippen LogP contribution is 2.26. The minimum Gasteiger partial charge on any atom is -0.468 e. The maximum atomic E-state index is 13.7. The van der Waals surface area contributed by atoms with Crippen LogP contribution in [-0.2, 0) is 46.5 Å². The molecule has 0 saturated heterocycles. The molecule has 3 aromatic rings. The van der Waals surface area contributed by atoms with Gasteiger partial charge in [0.25, 0.3) is 0 Å². The molecule has 0 radical (unpaired) electrons. The Labute approximate surface area is 306 Å². The summed E-state index contributed by atoms with van der Waals surface area (Å²) in [6.07, 6.45) is -0.485. The van der Waals surface area contributed by atoms with Crippen LogP contribution in [0.5, 0.6) is 0 Å². The third kappa shape index (κ3) is 14.0. The van der Waals surface area contributed by atoms with Crippen molar-refractivity contribution in [3.05, 3.63) is 48.5 Å². The first-order chi connectivity index (χ1) is 25.0. The molecule has 53 heavy (non-hydrogen) atoms. The van der Waals surface area contributed by atoms with E-state index in [0.29, 0.717) is 4.90 Å². The summed E-state index contributed by atoms with van der Waals surface area (Å²) in [5.74, 6) is -1.76. The molecule has 0 unspecified atom stereocenters. The summed E-state index contributed by atoms with van der Waals surface area (Å²) in [5, 5.41) is 8.06. The molecule has 288 valence electrons. The largest absolute Gasteiger partial charge is 0.468 e. The number of imidazole rings is 1. The summed E-state index contributed by atoms with van der Waals surface area (Å²) in [6.45, 7) is 9.31. The highest BCUT2D eigenvalue weighted by Gasteiger charge is 2.36. The van der Waals surface area contributed by atoms with Gasteiger partial charge in [-0.15, -0.1) is 0 Å². The van der Waals surface area contributed by atoms with E-state index in [-0.39, 0.29) is 69.4 Å². The minimum atomic E-state index is -1.06. The van der Waals surface area contributed by atoms with Gasteiger partial charge < -0.3 is 44.4 Å². The lowest BCUT2D eigenvalue weighted by Crippen LogP contribution is -2.46. The second kappa shape index (κ2) is 19.1. The molecule has 2 heterocycles. The molecule has 0 saturated carbocycles. The summed E-state index contributed by atoms with van der Waals surface area (Å²) in [7, 11) is 1.26. The minimum absolute atomic E-state index is 0.0106. The highest BCUT2D eigenvalue weighted by atomic mass is 16.6. The van der Waals surface area contributed by atoms with E-state index in [2.05, 4.69) is 35.6 Å². The Kier molecular flexibility index (Phi) is 15.0. The number of amides is 5. The van der Waals surface area contributed by atoms with Crippen LogP contribution in [0.25, 0.3) is 11.2 Å². The summed E-state index contributed by atoms with van der Waals surface area (Å²) in [5.41, 5.74) is -1.08. The maximum Gasteiger partial charge on any atom is 0.425 e. The first-order valence-electron chi connectivity index (χ1n) is 16.7. The van der Waals surface area contributed by atoms with E-state index in [4.69, 9.17) is 14.2 Å². The van der Waals surface area contributed by atoms with Gasteiger partial charge in [-0.1, -0.05) is 30.3 Å². The number of imide groups is 1. The van der Waals surface area contributed by atoms with Crippen LogP contribution in [0.4, 0.5) is 20.2 Å². The van der Waals surface area contributed by atoms with Crippen molar-refractivity contribution in [2.75, 3.05) is 51.3 Å². The quantitative estimate of drug-likeness (QED) is 0.115. The van der Waals surface area contributed by atoms with Crippen molar-refractivity contribution in [1.29, 1.82) is 0 Å². The zero-order valence-electron chi connectivity index (χ0n) is 31.0. The molecule has 1 aromatic carbocycles. The van der Waals surface area contributed by atoms with Crippen LogP contribution in [0.3, 0.4) is 0 Å². The lowest BCUT2D eigenvalue weighted by atomic mass is 10.2. The van der Waals surface area contributed by atoms with Crippen LogP contribution in [-0.4, -0.2) is 118 Å².